The second-order valence-corrected chi connectivity index (χ2v) is 5.49. The van der Waals surface area contributed by atoms with E-state index in [0.29, 0.717) is 11.7 Å². The van der Waals surface area contributed by atoms with Gasteiger partial charge in [0.1, 0.15) is 0 Å². The van der Waals surface area contributed by atoms with Crippen LogP contribution in [0.2, 0.25) is 0 Å². The molecular weight excluding hydrogens is 292 g/mol. The number of nitrogens with two attached hydrogens (primary N) is 1. The molecule has 0 unspecified atom stereocenters. The van der Waals surface area contributed by atoms with Gasteiger partial charge in [-0.3, -0.25) is 9.78 Å². The number of hydrogen-bond acceptors (Lipinski definition) is 4. The number of para-hydroxylation sites is 1. The van der Waals surface area contributed by atoms with E-state index in [1.165, 1.54) is 11.8 Å². The molecule has 7 heteroatoms. The number of hydrogen-bond donors (Lipinski definition) is 2. The maximum absolute atomic E-state index is 11.4. The van der Waals surface area contributed by atoms with Crippen LogP contribution < -0.4 is 16.2 Å². The molecule has 0 saturated carbocycles. The van der Waals surface area contributed by atoms with Crippen molar-refractivity contribution in [3.63, 3.8) is 0 Å². The molecule has 1 aliphatic rings. The lowest BCUT2D eigenvalue weighted by molar-refractivity contribution is 0.382. The third kappa shape index (κ3) is 3.68. The number of benzene rings is 1. The minimum absolute atomic E-state index is 0.224. The third-order valence-corrected chi connectivity index (χ3v) is 3.80. The van der Waals surface area contributed by atoms with Gasteiger partial charge in [0, 0.05) is 43.6 Å². The van der Waals surface area contributed by atoms with Crippen LogP contribution in [0.15, 0.2) is 46.2 Å². The number of nitrogens with zero attached hydrogens (tertiary/aromatic N) is 4. The SMILES string of the molecule is Cc1cc(=O)[nH]c(N=C(N)N2CCN(c3ccccc3)CC2)n1. The van der Waals surface area contributed by atoms with E-state index in [1.54, 1.807) is 6.92 Å². The molecule has 0 amide bonds. The molecule has 0 aliphatic carbocycles. The van der Waals surface area contributed by atoms with Crippen LogP contribution in [0.25, 0.3) is 0 Å². The minimum atomic E-state index is -0.224. The van der Waals surface area contributed by atoms with E-state index in [2.05, 4.69) is 32.0 Å². The van der Waals surface area contributed by atoms with Crippen LogP contribution in [0.5, 0.6) is 0 Å². The predicted octanol–water partition coefficient (Wildman–Crippen LogP) is 0.847. The standard InChI is InChI=1S/C16H20N6O/c1-12-11-14(23)19-16(18-12)20-15(17)22-9-7-21(8-10-22)13-5-3-2-4-6-13/h2-6,11H,7-10H2,1H3,(H3,17,18,19,20,23). The molecule has 23 heavy (non-hydrogen) atoms. The lowest BCUT2D eigenvalue weighted by atomic mass is 10.2. The number of rotatable bonds is 2. The Kier molecular flexibility index (Phi) is 4.27. The van der Waals surface area contributed by atoms with Crippen molar-refractivity contribution in [1.29, 1.82) is 0 Å². The van der Waals surface area contributed by atoms with Crippen molar-refractivity contribution in [2.24, 2.45) is 10.7 Å². The Labute approximate surface area is 134 Å². The molecule has 3 rings (SSSR count). The van der Waals surface area contributed by atoms with Gasteiger partial charge in [-0.05, 0) is 19.1 Å². The van der Waals surface area contributed by atoms with Gasteiger partial charge in [-0.2, -0.15) is 4.99 Å². The first-order valence-electron chi connectivity index (χ1n) is 7.59. The van der Waals surface area contributed by atoms with Gasteiger partial charge in [0.15, 0.2) is 5.96 Å². The molecule has 0 atom stereocenters. The van der Waals surface area contributed by atoms with Gasteiger partial charge < -0.3 is 15.5 Å². The Morgan fingerprint density at radius 2 is 1.91 bits per heavy atom. The molecular formula is C16H20N6O. The summed E-state index contributed by atoms with van der Waals surface area (Å²) in [5.41, 5.74) is 7.67. The number of aromatic amines is 1. The van der Waals surface area contributed by atoms with Crippen molar-refractivity contribution < 1.29 is 0 Å². The average molecular weight is 312 g/mol. The van der Waals surface area contributed by atoms with Crippen molar-refractivity contribution in [3.8, 4) is 0 Å². The molecule has 1 aromatic carbocycles. The Bertz CT molecular complexity index is 747. The molecule has 0 spiro atoms. The number of anilines is 1. The first-order valence-corrected chi connectivity index (χ1v) is 7.59. The van der Waals surface area contributed by atoms with Crippen LogP contribution >= 0.6 is 0 Å². The van der Waals surface area contributed by atoms with Crippen LogP contribution in [-0.4, -0.2) is 47.0 Å². The van der Waals surface area contributed by atoms with Gasteiger partial charge in [-0.15, -0.1) is 0 Å². The van der Waals surface area contributed by atoms with Crippen molar-refractivity contribution in [1.82, 2.24) is 14.9 Å². The van der Waals surface area contributed by atoms with Gasteiger partial charge >= 0.3 is 0 Å². The van der Waals surface area contributed by atoms with Crippen LogP contribution in [0.3, 0.4) is 0 Å². The highest BCUT2D eigenvalue weighted by molar-refractivity contribution is 5.80. The van der Waals surface area contributed by atoms with Crippen molar-refractivity contribution >= 4 is 17.6 Å². The largest absolute Gasteiger partial charge is 0.369 e. The molecule has 2 aromatic rings. The first-order chi connectivity index (χ1) is 11.1. The number of aromatic nitrogens is 2. The summed E-state index contributed by atoms with van der Waals surface area (Å²) < 4.78 is 0. The number of piperazine rings is 1. The Hall–Kier alpha value is -2.83. The summed E-state index contributed by atoms with van der Waals surface area (Å²) in [6.07, 6.45) is 0. The summed E-state index contributed by atoms with van der Waals surface area (Å²) in [7, 11) is 0. The normalized spacial score (nSPS) is 15.8. The molecule has 0 bridgehead atoms. The van der Waals surface area contributed by atoms with Gasteiger partial charge in [0.2, 0.25) is 5.95 Å². The highest BCUT2D eigenvalue weighted by Gasteiger charge is 2.18. The average Bonchev–Trinajstić information content (AvgIpc) is 2.55. The monoisotopic (exact) mass is 312 g/mol. The topological polar surface area (TPSA) is 90.6 Å². The predicted molar refractivity (Wildman–Crippen MR) is 91.1 cm³/mol. The van der Waals surface area contributed by atoms with E-state index < -0.39 is 0 Å². The molecule has 3 N–H and O–H groups in total. The number of H-pyrrole nitrogens is 1. The zero-order valence-electron chi connectivity index (χ0n) is 13.1. The molecule has 2 heterocycles. The molecule has 1 aliphatic heterocycles. The van der Waals surface area contributed by atoms with Crippen LogP contribution in [0.4, 0.5) is 11.6 Å². The number of guanidine groups is 1. The smallest absolute Gasteiger partial charge is 0.252 e. The summed E-state index contributed by atoms with van der Waals surface area (Å²) in [6.45, 7) is 5.06. The number of nitrogens with one attached hydrogen (secondary N) is 1. The van der Waals surface area contributed by atoms with Crippen LogP contribution in [0.1, 0.15) is 5.69 Å². The molecule has 1 saturated heterocycles. The number of aryl methyl sites for hydroxylation is 1. The van der Waals surface area contributed by atoms with E-state index in [4.69, 9.17) is 5.73 Å². The minimum Gasteiger partial charge on any atom is -0.369 e. The van der Waals surface area contributed by atoms with E-state index >= 15 is 0 Å². The molecule has 1 aromatic heterocycles. The van der Waals surface area contributed by atoms with E-state index in [9.17, 15) is 4.79 Å². The fourth-order valence-electron chi connectivity index (χ4n) is 2.63. The van der Waals surface area contributed by atoms with Crippen LogP contribution in [0, 0.1) is 6.92 Å². The van der Waals surface area contributed by atoms with Gasteiger partial charge in [0.05, 0.1) is 0 Å². The van der Waals surface area contributed by atoms with Crippen LogP contribution in [-0.2, 0) is 0 Å². The van der Waals surface area contributed by atoms with Gasteiger partial charge in [-0.25, -0.2) is 4.98 Å². The highest BCUT2D eigenvalue weighted by Crippen LogP contribution is 2.15. The Balaban J connectivity index is 1.67. The fourth-order valence-corrected chi connectivity index (χ4v) is 2.63. The summed E-state index contributed by atoms with van der Waals surface area (Å²) in [6, 6.07) is 11.7. The molecule has 120 valence electrons. The zero-order valence-corrected chi connectivity index (χ0v) is 13.1. The summed E-state index contributed by atoms with van der Waals surface area (Å²) in [4.78, 5) is 26.8. The van der Waals surface area contributed by atoms with Crippen molar-refractivity contribution in [2.45, 2.75) is 6.92 Å². The number of aliphatic imine (C=N–C) groups is 1. The quantitative estimate of drug-likeness (QED) is 0.633. The highest BCUT2D eigenvalue weighted by atomic mass is 16.1. The second-order valence-electron chi connectivity index (χ2n) is 5.49. The molecule has 7 nitrogen and oxygen atoms in total. The van der Waals surface area contributed by atoms with E-state index in [0.717, 1.165) is 26.2 Å². The summed E-state index contributed by atoms with van der Waals surface area (Å²) in [5.74, 6) is 0.629. The first kappa shape index (κ1) is 15.1. The lowest BCUT2D eigenvalue weighted by Gasteiger charge is -2.36. The van der Waals surface area contributed by atoms with E-state index in [1.807, 2.05) is 23.1 Å². The van der Waals surface area contributed by atoms with E-state index in [-0.39, 0.29) is 11.5 Å². The summed E-state index contributed by atoms with van der Waals surface area (Å²) in [5, 5.41) is 0. The lowest BCUT2D eigenvalue weighted by Crippen LogP contribution is -2.51. The Morgan fingerprint density at radius 1 is 1.22 bits per heavy atom. The fraction of sp³-hybridized carbons (Fsp3) is 0.312. The maximum Gasteiger partial charge on any atom is 0.252 e. The maximum atomic E-state index is 11.4. The Morgan fingerprint density at radius 3 is 2.57 bits per heavy atom. The zero-order chi connectivity index (χ0) is 16.2. The molecule has 1 fully saturated rings. The van der Waals surface area contributed by atoms with Gasteiger partial charge in [0.25, 0.3) is 5.56 Å². The summed E-state index contributed by atoms with van der Waals surface area (Å²) >= 11 is 0. The van der Waals surface area contributed by atoms with Gasteiger partial charge in [-0.1, -0.05) is 18.2 Å². The second kappa shape index (κ2) is 6.51. The molecule has 0 radical (unpaired) electrons. The van der Waals surface area contributed by atoms with Crippen molar-refractivity contribution in [3.05, 3.63) is 52.4 Å². The van der Waals surface area contributed by atoms with Crippen molar-refractivity contribution in [2.75, 3.05) is 31.1 Å². The third-order valence-electron chi connectivity index (χ3n) is 3.80.